The molecule has 2 N–H and O–H groups in total. The van der Waals surface area contributed by atoms with Crippen LogP contribution < -0.4 is 5.73 Å². The molecule has 1 aromatic carbocycles. The highest BCUT2D eigenvalue weighted by molar-refractivity contribution is 5.17. The molecule has 0 aliphatic heterocycles. The Kier molecular flexibility index (Phi) is 4.88. The quantitative estimate of drug-likeness (QED) is 0.849. The summed E-state index contributed by atoms with van der Waals surface area (Å²) in [5, 5.41) is 0. The van der Waals surface area contributed by atoms with Crippen molar-refractivity contribution in [2.45, 2.75) is 50.7 Å². The molecule has 0 unspecified atom stereocenters. The summed E-state index contributed by atoms with van der Waals surface area (Å²) in [6, 6.07) is 3.44. The molecule has 1 aliphatic carbocycles. The molecule has 0 amide bonds. The van der Waals surface area contributed by atoms with Gasteiger partial charge in [-0.3, -0.25) is 0 Å². The Labute approximate surface area is 112 Å². The first-order chi connectivity index (χ1) is 9.07. The van der Waals surface area contributed by atoms with Gasteiger partial charge in [0.2, 0.25) is 0 Å². The number of halogens is 2. The van der Waals surface area contributed by atoms with Crippen LogP contribution in [0.25, 0.3) is 0 Å². The summed E-state index contributed by atoms with van der Waals surface area (Å²) in [7, 11) is 0. The van der Waals surface area contributed by atoms with Gasteiger partial charge in [-0.25, -0.2) is 8.78 Å². The molecule has 0 radical (unpaired) electrons. The summed E-state index contributed by atoms with van der Waals surface area (Å²) in [4.78, 5) is 0. The molecule has 1 aliphatic rings. The number of hydrogen-bond acceptors (Lipinski definition) is 2. The number of ether oxygens (including phenoxy) is 1. The molecule has 0 aromatic heterocycles. The average molecular weight is 269 g/mol. The van der Waals surface area contributed by atoms with Crippen LogP contribution in [0.1, 0.15) is 44.1 Å². The molecular formula is C15H21F2NO. The molecule has 19 heavy (non-hydrogen) atoms. The molecule has 1 fully saturated rings. The van der Waals surface area contributed by atoms with Gasteiger partial charge < -0.3 is 10.5 Å². The molecule has 0 saturated heterocycles. The highest BCUT2D eigenvalue weighted by atomic mass is 19.1. The second kappa shape index (κ2) is 6.44. The minimum Gasteiger partial charge on any atom is -0.375 e. The summed E-state index contributed by atoms with van der Waals surface area (Å²) in [6.07, 6.45) is 6.65. The first-order valence-corrected chi connectivity index (χ1v) is 6.89. The highest BCUT2D eigenvalue weighted by Gasteiger charge is 2.26. The SMILES string of the molecule is NC1(COCc2cc(F)cc(F)c2)CCCCCC1. The number of nitrogens with two attached hydrogens (primary N) is 1. The van der Waals surface area contributed by atoms with E-state index in [1.807, 2.05) is 0 Å². The molecule has 0 bridgehead atoms. The standard InChI is InChI=1S/C15H21F2NO/c16-13-7-12(8-14(17)9-13)10-19-11-15(18)5-3-1-2-4-6-15/h7-9H,1-6,10-11,18H2. The minimum absolute atomic E-state index is 0.202. The first-order valence-electron chi connectivity index (χ1n) is 6.89. The van der Waals surface area contributed by atoms with Crippen LogP contribution >= 0.6 is 0 Å². The van der Waals surface area contributed by atoms with E-state index in [1.54, 1.807) is 0 Å². The molecule has 2 nitrogen and oxygen atoms in total. The second-order valence-corrected chi connectivity index (χ2v) is 5.55. The molecule has 0 spiro atoms. The molecule has 1 saturated carbocycles. The van der Waals surface area contributed by atoms with Crippen LogP contribution in [0.5, 0.6) is 0 Å². The zero-order valence-corrected chi connectivity index (χ0v) is 11.1. The van der Waals surface area contributed by atoms with E-state index in [0.717, 1.165) is 31.7 Å². The van der Waals surface area contributed by atoms with Gasteiger partial charge >= 0.3 is 0 Å². The maximum atomic E-state index is 13.0. The average Bonchev–Trinajstić information content (AvgIpc) is 2.53. The third-order valence-corrected chi connectivity index (χ3v) is 3.68. The van der Waals surface area contributed by atoms with Crippen molar-refractivity contribution < 1.29 is 13.5 Å². The van der Waals surface area contributed by atoms with Crippen molar-refractivity contribution in [3.05, 3.63) is 35.4 Å². The van der Waals surface area contributed by atoms with E-state index in [1.165, 1.54) is 25.0 Å². The summed E-state index contributed by atoms with van der Waals surface area (Å²) < 4.78 is 31.6. The number of rotatable bonds is 4. The third kappa shape index (κ3) is 4.55. The third-order valence-electron chi connectivity index (χ3n) is 3.68. The highest BCUT2D eigenvalue weighted by Crippen LogP contribution is 2.25. The van der Waals surface area contributed by atoms with E-state index in [0.29, 0.717) is 12.2 Å². The maximum Gasteiger partial charge on any atom is 0.126 e. The van der Waals surface area contributed by atoms with Gasteiger partial charge in [0.05, 0.1) is 13.2 Å². The van der Waals surface area contributed by atoms with Crippen LogP contribution in [-0.4, -0.2) is 12.1 Å². The van der Waals surface area contributed by atoms with Crippen molar-refractivity contribution >= 4 is 0 Å². The lowest BCUT2D eigenvalue weighted by molar-refractivity contribution is 0.0664. The smallest absolute Gasteiger partial charge is 0.126 e. The zero-order chi connectivity index (χ0) is 13.7. The molecule has 2 rings (SSSR count). The van der Waals surface area contributed by atoms with Crippen molar-refractivity contribution in [2.24, 2.45) is 5.73 Å². The largest absolute Gasteiger partial charge is 0.375 e. The Morgan fingerprint density at radius 3 is 2.16 bits per heavy atom. The van der Waals surface area contributed by atoms with E-state index >= 15 is 0 Å². The predicted molar refractivity (Wildman–Crippen MR) is 70.6 cm³/mol. The van der Waals surface area contributed by atoms with Crippen molar-refractivity contribution in [3.63, 3.8) is 0 Å². The maximum absolute atomic E-state index is 13.0. The van der Waals surface area contributed by atoms with Crippen molar-refractivity contribution in [1.82, 2.24) is 0 Å². The van der Waals surface area contributed by atoms with Gasteiger partial charge in [0.25, 0.3) is 0 Å². The normalized spacial score (nSPS) is 19.1. The molecule has 0 atom stereocenters. The fourth-order valence-electron chi connectivity index (χ4n) is 2.64. The summed E-state index contributed by atoms with van der Waals surface area (Å²) in [6.45, 7) is 0.652. The Morgan fingerprint density at radius 1 is 1.00 bits per heavy atom. The van der Waals surface area contributed by atoms with Gasteiger partial charge in [-0.1, -0.05) is 25.7 Å². The number of hydrogen-bond donors (Lipinski definition) is 1. The van der Waals surface area contributed by atoms with Crippen LogP contribution in [0, 0.1) is 11.6 Å². The molecule has 1 aromatic rings. The van der Waals surface area contributed by atoms with Gasteiger partial charge in [-0.15, -0.1) is 0 Å². The van der Waals surface area contributed by atoms with Gasteiger partial charge in [0.15, 0.2) is 0 Å². The Balaban J connectivity index is 1.85. The van der Waals surface area contributed by atoms with Gasteiger partial charge in [0, 0.05) is 11.6 Å². The van der Waals surface area contributed by atoms with Gasteiger partial charge in [0.1, 0.15) is 11.6 Å². The van der Waals surface area contributed by atoms with E-state index in [-0.39, 0.29) is 12.1 Å². The molecule has 0 heterocycles. The fraction of sp³-hybridized carbons (Fsp3) is 0.600. The van der Waals surface area contributed by atoms with E-state index in [2.05, 4.69) is 0 Å². The molecular weight excluding hydrogens is 248 g/mol. The Hall–Kier alpha value is -1.00. The first kappa shape index (κ1) is 14.4. The Bertz CT molecular complexity index is 394. The summed E-state index contributed by atoms with van der Waals surface area (Å²) >= 11 is 0. The van der Waals surface area contributed by atoms with E-state index in [4.69, 9.17) is 10.5 Å². The molecule has 106 valence electrons. The van der Waals surface area contributed by atoms with Crippen LogP contribution in [-0.2, 0) is 11.3 Å². The zero-order valence-electron chi connectivity index (χ0n) is 11.1. The van der Waals surface area contributed by atoms with Crippen LogP contribution in [0.15, 0.2) is 18.2 Å². The predicted octanol–water partition coefficient (Wildman–Crippen LogP) is 3.53. The van der Waals surface area contributed by atoms with Crippen molar-refractivity contribution in [1.29, 1.82) is 0 Å². The van der Waals surface area contributed by atoms with E-state index < -0.39 is 11.6 Å². The van der Waals surface area contributed by atoms with E-state index in [9.17, 15) is 8.78 Å². The van der Waals surface area contributed by atoms with Gasteiger partial charge in [-0.2, -0.15) is 0 Å². The topological polar surface area (TPSA) is 35.2 Å². The van der Waals surface area contributed by atoms with Crippen LogP contribution in [0.4, 0.5) is 8.78 Å². The van der Waals surface area contributed by atoms with Crippen LogP contribution in [0.2, 0.25) is 0 Å². The summed E-state index contributed by atoms with van der Waals surface area (Å²) in [5.74, 6) is -1.15. The molecule has 4 heteroatoms. The fourth-order valence-corrected chi connectivity index (χ4v) is 2.64. The van der Waals surface area contributed by atoms with Crippen molar-refractivity contribution in [3.8, 4) is 0 Å². The summed E-state index contributed by atoms with van der Waals surface area (Å²) in [5.41, 5.74) is 6.54. The lowest BCUT2D eigenvalue weighted by atomic mass is 9.92. The Morgan fingerprint density at radius 2 is 1.58 bits per heavy atom. The monoisotopic (exact) mass is 269 g/mol. The number of benzene rings is 1. The minimum atomic E-state index is -0.574. The second-order valence-electron chi connectivity index (χ2n) is 5.55. The van der Waals surface area contributed by atoms with Gasteiger partial charge in [-0.05, 0) is 30.5 Å². The lowest BCUT2D eigenvalue weighted by Gasteiger charge is -2.27. The van der Waals surface area contributed by atoms with Crippen LogP contribution in [0.3, 0.4) is 0 Å². The lowest BCUT2D eigenvalue weighted by Crippen LogP contribution is -2.43. The van der Waals surface area contributed by atoms with Crippen molar-refractivity contribution in [2.75, 3.05) is 6.61 Å².